The number of anilines is 1. The van der Waals surface area contributed by atoms with Crippen molar-refractivity contribution in [2.45, 2.75) is 24.2 Å². The lowest BCUT2D eigenvalue weighted by Gasteiger charge is -2.30. The fourth-order valence-electron chi connectivity index (χ4n) is 3.24. The molecule has 6 nitrogen and oxygen atoms in total. The molecule has 150 valence electrons. The number of carbonyl (C=O) groups excluding carboxylic acids is 1. The van der Waals surface area contributed by atoms with Gasteiger partial charge in [0.15, 0.2) is 0 Å². The largest absolute Gasteiger partial charge is 0.385 e. The first-order valence-electron chi connectivity index (χ1n) is 9.11. The summed E-state index contributed by atoms with van der Waals surface area (Å²) in [6.45, 7) is 1.39. The molecule has 28 heavy (non-hydrogen) atoms. The molecule has 0 unspecified atom stereocenters. The van der Waals surface area contributed by atoms with Crippen molar-refractivity contribution in [2.75, 3.05) is 31.7 Å². The summed E-state index contributed by atoms with van der Waals surface area (Å²) in [7, 11) is -2.02. The molecular weight excluding hydrogens is 400 g/mol. The zero-order chi connectivity index (χ0) is 20.1. The van der Waals surface area contributed by atoms with Crippen LogP contribution in [-0.2, 0) is 21.2 Å². The van der Waals surface area contributed by atoms with E-state index in [2.05, 4.69) is 4.72 Å². The fourth-order valence-corrected chi connectivity index (χ4v) is 4.55. The number of benzene rings is 2. The molecule has 1 heterocycles. The van der Waals surface area contributed by atoms with Crippen LogP contribution in [0.3, 0.4) is 0 Å². The molecule has 2 aromatic carbocycles. The normalized spacial score (nSPS) is 14.0. The number of ether oxygens (including phenoxy) is 1. The van der Waals surface area contributed by atoms with E-state index in [1.807, 2.05) is 0 Å². The summed E-state index contributed by atoms with van der Waals surface area (Å²) in [4.78, 5) is 14.8. The molecule has 0 radical (unpaired) electrons. The van der Waals surface area contributed by atoms with Crippen molar-refractivity contribution in [1.82, 2.24) is 4.72 Å². The maximum absolute atomic E-state index is 12.9. The molecular formula is C20H23ClN2O4S. The first-order chi connectivity index (χ1) is 13.4. The van der Waals surface area contributed by atoms with Crippen LogP contribution >= 0.6 is 11.6 Å². The van der Waals surface area contributed by atoms with Gasteiger partial charge in [-0.1, -0.05) is 17.7 Å². The molecule has 1 aliphatic heterocycles. The molecule has 0 bridgehead atoms. The lowest BCUT2D eigenvalue weighted by atomic mass is 10.0. The highest BCUT2D eigenvalue weighted by Gasteiger charge is 2.25. The Morgan fingerprint density at radius 3 is 2.82 bits per heavy atom. The predicted molar refractivity (Wildman–Crippen MR) is 110 cm³/mol. The summed E-state index contributed by atoms with van der Waals surface area (Å²) in [5.74, 6) is -0.142. The third-order valence-electron chi connectivity index (χ3n) is 4.61. The zero-order valence-electron chi connectivity index (χ0n) is 15.7. The van der Waals surface area contributed by atoms with Gasteiger partial charge in [-0.3, -0.25) is 4.79 Å². The topological polar surface area (TPSA) is 75.7 Å². The van der Waals surface area contributed by atoms with E-state index in [1.54, 1.807) is 54.5 Å². The summed E-state index contributed by atoms with van der Waals surface area (Å²) in [5, 5.41) is 0.504. The minimum Gasteiger partial charge on any atom is -0.385 e. The van der Waals surface area contributed by atoms with Crippen LogP contribution in [-0.4, -0.2) is 41.1 Å². The van der Waals surface area contributed by atoms with Crippen molar-refractivity contribution < 1.29 is 17.9 Å². The lowest BCUT2D eigenvalue weighted by Crippen LogP contribution is -2.35. The number of rotatable bonds is 7. The SMILES string of the molecule is COCCCNS(=O)(=O)c1ccc2c(c1)CCCN2C(=O)c1cccc(Cl)c1. The van der Waals surface area contributed by atoms with Crippen LogP contribution in [0.2, 0.25) is 5.02 Å². The molecule has 0 aliphatic carbocycles. The van der Waals surface area contributed by atoms with E-state index in [4.69, 9.17) is 16.3 Å². The van der Waals surface area contributed by atoms with Crippen LogP contribution in [0.4, 0.5) is 5.69 Å². The first kappa shape index (κ1) is 20.8. The van der Waals surface area contributed by atoms with E-state index in [9.17, 15) is 13.2 Å². The van der Waals surface area contributed by atoms with Gasteiger partial charge in [-0.2, -0.15) is 0 Å². The molecule has 3 rings (SSSR count). The highest BCUT2D eigenvalue weighted by Crippen LogP contribution is 2.31. The van der Waals surface area contributed by atoms with E-state index in [0.717, 1.165) is 24.1 Å². The number of nitrogens with zero attached hydrogens (tertiary/aromatic N) is 1. The molecule has 1 N–H and O–H groups in total. The number of amides is 1. The Morgan fingerprint density at radius 1 is 1.25 bits per heavy atom. The van der Waals surface area contributed by atoms with E-state index in [0.29, 0.717) is 36.7 Å². The number of nitrogens with one attached hydrogen (secondary N) is 1. The highest BCUT2D eigenvalue weighted by molar-refractivity contribution is 7.89. The van der Waals surface area contributed by atoms with Crippen molar-refractivity contribution in [3.8, 4) is 0 Å². The van der Waals surface area contributed by atoms with Gasteiger partial charge in [-0.25, -0.2) is 13.1 Å². The lowest BCUT2D eigenvalue weighted by molar-refractivity contribution is 0.0985. The Morgan fingerprint density at radius 2 is 2.07 bits per heavy atom. The summed E-state index contributed by atoms with van der Waals surface area (Å²) in [5.41, 5.74) is 2.10. The smallest absolute Gasteiger partial charge is 0.258 e. The summed E-state index contributed by atoms with van der Waals surface area (Å²) in [6, 6.07) is 11.7. The van der Waals surface area contributed by atoms with E-state index in [1.165, 1.54) is 0 Å². The molecule has 8 heteroatoms. The van der Waals surface area contributed by atoms with Crippen molar-refractivity contribution in [2.24, 2.45) is 0 Å². The molecule has 1 aliphatic rings. The van der Waals surface area contributed by atoms with Gasteiger partial charge in [-0.05, 0) is 61.2 Å². The second kappa shape index (κ2) is 9.05. The van der Waals surface area contributed by atoms with Crippen LogP contribution in [0.25, 0.3) is 0 Å². The molecule has 1 amide bonds. The summed E-state index contributed by atoms with van der Waals surface area (Å²) in [6.07, 6.45) is 2.09. The Labute approximate surface area is 170 Å². The third kappa shape index (κ3) is 4.72. The number of sulfonamides is 1. The number of aryl methyl sites for hydroxylation is 1. The van der Waals surface area contributed by atoms with Crippen LogP contribution in [0.5, 0.6) is 0 Å². The van der Waals surface area contributed by atoms with Gasteiger partial charge >= 0.3 is 0 Å². The standard InChI is InChI=1S/C20H23ClN2O4S/c1-27-12-4-10-22-28(25,26)18-8-9-19-15(14-18)6-3-11-23(19)20(24)16-5-2-7-17(21)13-16/h2,5,7-9,13-14,22H,3-4,6,10-12H2,1H3. The predicted octanol–water partition coefficient (Wildman–Crippen LogP) is 3.25. The van der Waals surface area contributed by atoms with E-state index in [-0.39, 0.29) is 10.8 Å². The van der Waals surface area contributed by atoms with Crippen molar-refractivity contribution >= 4 is 33.2 Å². The fraction of sp³-hybridized carbons (Fsp3) is 0.350. The monoisotopic (exact) mass is 422 g/mol. The average Bonchev–Trinajstić information content (AvgIpc) is 2.70. The van der Waals surface area contributed by atoms with E-state index < -0.39 is 10.0 Å². The van der Waals surface area contributed by atoms with Gasteiger partial charge in [-0.15, -0.1) is 0 Å². The molecule has 0 saturated carbocycles. The van der Waals surface area contributed by atoms with Gasteiger partial charge < -0.3 is 9.64 Å². The molecule has 2 aromatic rings. The number of hydrogen-bond acceptors (Lipinski definition) is 4. The Kier molecular flexibility index (Phi) is 6.72. The van der Waals surface area contributed by atoms with Crippen molar-refractivity contribution in [1.29, 1.82) is 0 Å². The van der Waals surface area contributed by atoms with Crippen LogP contribution < -0.4 is 9.62 Å². The van der Waals surface area contributed by atoms with Gasteiger partial charge in [0.25, 0.3) is 5.91 Å². The van der Waals surface area contributed by atoms with Crippen molar-refractivity contribution in [3.63, 3.8) is 0 Å². The third-order valence-corrected chi connectivity index (χ3v) is 6.31. The first-order valence-corrected chi connectivity index (χ1v) is 11.0. The molecule has 0 saturated heterocycles. The maximum Gasteiger partial charge on any atom is 0.258 e. The minimum absolute atomic E-state index is 0.142. The van der Waals surface area contributed by atoms with Crippen LogP contribution in [0.15, 0.2) is 47.4 Å². The van der Waals surface area contributed by atoms with Gasteiger partial charge in [0.2, 0.25) is 10.0 Å². The number of carbonyl (C=O) groups is 1. The molecule has 0 atom stereocenters. The quantitative estimate of drug-likeness (QED) is 0.695. The number of methoxy groups -OCH3 is 1. The Hall–Kier alpha value is -1.93. The number of fused-ring (bicyclic) bond motifs is 1. The van der Waals surface area contributed by atoms with E-state index >= 15 is 0 Å². The van der Waals surface area contributed by atoms with Crippen molar-refractivity contribution in [3.05, 3.63) is 58.6 Å². The average molecular weight is 423 g/mol. The summed E-state index contributed by atoms with van der Waals surface area (Å²) >= 11 is 6.01. The maximum atomic E-state index is 12.9. The molecule has 0 aromatic heterocycles. The second-order valence-corrected chi connectivity index (χ2v) is 8.81. The summed E-state index contributed by atoms with van der Waals surface area (Å²) < 4.78 is 32.5. The van der Waals surface area contributed by atoms with Crippen LogP contribution in [0.1, 0.15) is 28.8 Å². The zero-order valence-corrected chi connectivity index (χ0v) is 17.2. The van der Waals surface area contributed by atoms with Gasteiger partial charge in [0.1, 0.15) is 0 Å². The molecule has 0 fully saturated rings. The Balaban J connectivity index is 1.83. The second-order valence-electron chi connectivity index (χ2n) is 6.61. The van der Waals surface area contributed by atoms with Gasteiger partial charge in [0, 0.05) is 43.1 Å². The van der Waals surface area contributed by atoms with Gasteiger partial charge in [0.05, 0.1) is 4.90 Å². The minimum atomic E-state index is -3.60. The molecule has 0 spiro atoms. The highest BCUT2D eigenvalue weighted by atomic mass is 35.5. The number of hydrogen-bond donors (Lipinski definition) is 1. The number of halogens is 1. The van der Waals surface area contributed by atoms with Crippen LogP contribution in [0, 0.1) is 0 Å². The Bertz CT molecular complexity index is 962.